The molecular formula is C13H12N4S. The molecule has 0 atom stereocenters. The lowest BCUT2D eigenvalue weighted by Crippen LogP contribution is -2.02. The third kappa shape index (κ3) is 2.04. The van der Waals surface area contributed by atoms with Crippen molar-refractivity contribution in [1.82, 2.24) is 19.5 Å². The van der Waals surface area contributed by atoms with Crippen LogP contribution < -0.4 is 0 Å². The maximum Gasteiger partial charge on any atom is 0.179 e. The van der Waals surface area contributed by atoms with E-state index in [2.05, 4.69) is 15.0 Å². The highest BCUT2D eigenvalue weighted by Gasteiger charge is 2.04. The third-order valence-electron chi connectivity index (χ3n) is 2.90. The zero-order chi connectivity index (χ0) is 12.4. The zero-order valence-electron chi connectivity index (χ0n) is 9.71. The summed E-state index contributed by atoms with van der Waals surface area (Å²) in [6.07, 6.45) is 6.32. The third-order valence-corrected chi connectivity index (χ3v) is 3.22. The van der Waals surface area contributed by atoms with Crippen molar-refractivity contribution in [3.63, 3.8) is 0 Å². The van der Waals surface area contributed by atoms with Crippen molar-refractivity contribution in [3.8, 4) is 0 Å². The Kier molecular flexibility index (Phi) is 2.90. The molecule has 0 fully saturated rings. The van der Waals surface area contributed by atoms with Gasteiger partial charge in [0.05, 0.1) is 5.52 Å². The van der Waals surface area contributed by atoms with Crippen LogP contribution >= 0.6 is 12.2 Å². The van der Waals surface area contributed by atoms with E-state index >= 15 is 0 Å². The van der Waals surface area contributed by atoms with Crippen molar-refractivity contribution in [2.24, 2.45) is 0 Å². The molecule has 1 N–H and O–H groups in total. The van der Waals surface area contributed by atoms with Crippen molar-refractivity contribution in [1.29, 1.82) is 0 Å². The summed E-state index contributed by atoms with van der Waals surface area (Å²) < 4.78 is 2.75. The molecule has 3 heterocycles. The normalized spacial score (nSPS) is 10.9. The molecule has 3 rings (SSSR count). The van der Waals surface area contributed by atoms with Gasteiger partial charge in [-0.3, -0.25) is 4.98 Å². The molecule has 0 aromatic carbocycles. The first kappa shape index (κ1) is 11.1. The number of fused-ring (bicyclic) bond motifs is 1. The van der Waals surface area contributed by atoms with Gasteiger partial charge in [0.1, 0.15) is 0 Å². The average molecular weight is 256 g/mol. The van der Waals surface area contributed by atoms with E-state index in [1.807, 2.05) is 41.2 Å². The Morgan fingerprint density at radius 3 is 2.83 bits per heavy atom. The fourth-order valence-electron chi connectivity index (χ4n) is 1.99. The van der Waals surface area contributed by atoms with Crippen LogP contribution in [0.4, 0.5) is 0 Å². The van der Waals surface area contributed by atoms with Gasteiger partial charge in [-0.15, -0.1) is 0 Å². The lowest BCUT2D eigenvalue weighted by Gasteiger charge is -2.03. The molecule has 90 valence electrons. The Labute approximate surface area is 109 Å². The second kappa shape index (κ2) is 4.70. The van der Waals surface area contributed by atoms with E-state index in [0.717, 1.165) is 28.9 Å². The minimum atomic E-state index is 0.720. The van der Waals surface area contributed by atoms with E-state index in [9.17, 15) is 0 Å². The van der Waals surface area contributed by atoms with Crippen molar-refractivity contribution < 1.29 is 0 Å². The molecule has 0 bridgehead atoms. The molecule has 3 aromatic heterocycles. The quantitative estimate of drug-likeness (QED) is 0.733. The number of aromatic nitrogens is 4. The molecule has 4 nitrogen and oxygen atoms in total. The van der Waals surface area contributed by atoms with Gasteiger partial charge < -0.3 is 9.55 Å². The first-order valence-corrected chi connectivity index (χ1v) is 6.18. The van der Waals surface area contributed by atoms with Gasteiger partial charge in [-0.25, -0.2) is 4.98 Å². The first-order valence-electron chi connectivity index (χ1n) is 5.77. The second-order valence-electron chi connectivity index (χ2n) is 4.06. The van der Waals surface area contributed by atoms with Gasteiger partial charge in [-0.2, -0.15) is 0 Å². The highest BCUT2D eigenvalue weighted by molar-refractivity contribution is 7.71. The Hall–Kier alpha value is -2.01. The van der Waals surface area contributed by atoms with E-state index < -0.39 is 0 Å². The molecule has 0 unspecified atom stereocenters. The fourth-order valence-corrected chi connectivity index (χ4v) is 2.27. The minimum Gasteiger partial charge on any atom is -0.329 e. The summed E-state index contributed by atoms with van der Waals surface area (Å²) in [5, 5.41) is 0. The largest absolute Gasteiger partial charge is 0.329 e. The number of H-pyrrole nitrogens is 1. The summed E-state index contributed by atoms with van der Waals surface area (Å²) in [4.78, 5) is 11.5. The SMILES string of the molecule is S=c1[nH]c2cccnc2n1CCc1ccncc1. The Balaban J connectivity index is 1.91. The first-order chi connectivity index (χ1) is 8.84. The smallest absolute Gasteiger partial charge is 0.179 e. The van der Waals surface area contributed by atoms with Crippen LogP contribution in [-0.4, -0.2) is 19.5 Å². The van der Waals surface area contributed by atoms with Crippen molar-refractivity contribution in [2.75, 3.05) is 0 Å². The number of hydrogen-bond acceptors (Lipinski definition) is 3. The molecule has 5 heteroatoms. The summed E-state index contributed by atoms with van der Waals surface area (Å²) in [6, 6.07) is 7.93. The zero-order valence-corrected chi connectivity index (χ0v) is 10.5. The van der Waals surface area contributed by atoms with Crippen LogP contribution in [-0.2, 0) is 13.0 Å². The molecule has 0 saturated carbocycles. The Morgan fingerprint density at radius 1 is 1.17 bits per heavy atom. The van der Waals surface area contributed by atoms with Crippen LogP contribution in [0, 0.1) is 4.77 Å². The molecule has 18 heavy (non-hydrogen) atoms. The van der Waals surface area contributed by atoms with Gasteiger partial charge in [0.25, 0.3) is 0 Å². The predicted molar refractivity (Wildman–Crippen MR) is 72.9 cm³/mol. The van der Waals surface area contributed by atoms with Crippen LogP contribution in [0.3, 0.4) is 0 Å². The average Bonchev–Trinajstić information content (AvgIpc) is 2.73. The van der Waals surface area contributed by atoms with Crippen LogP contribution in [0.5, 0.6) is 0 Å². The van der Waals surface area contributed by atoms with Crippen molar-refractivity contribution in [3.05, 3.63) is 53.2 Å². The van der Waals surface area contributed by atoms with Crippen LogP contribution in [0.15, 0.2) is 42.9 Å². The van der Waals surface area contributed by atoms with Gasteiger partial charge in [0.15, 0.2) is 10.4 Å². The highest BCUT2D eigenvalue weighted by Crippen LogP contribution is 2.11. The molecule has 0 aliphatic rings. The number of aromatic amines is 1. The lowest BCUT2D eigenvalue weighted by atomic mass is 10.2. The number of nitrogens with one attached hydrogen (secondary N) is 1. The van der Waals surface area contributed by atoms with E-state index in [1.165, 1.54) is 5.56 Å². The van der Waals surface area contributed by atoms with Crippen molar-refractivity contribution >= 4 is 23.4 Å². The summed E-state index contributed by atoms with van der Waals surface area (Å²) in [6.45, 7) is 0.819. The van der Waals surface area contributed by atoms with Gasteiger partial charge in [-0.05, 0) is 48.5 Å². The Bertz CT molecular complexity index is 714. The number of nitrogens with zero attached hydrogens (tertiary/aromatic N) is 3. The molecule has 0 spiro atoms. The van der Waals surface area contributed by atoms with Crippen LogP contribution in [0.1, 0.15) is 5.56 Å². The van der Waals surface area contributed by atoms with Gasteiger partial charge in [0, 0.05) is 25.1 Å². The number of imidazole rings is 1. The van der Waals surface area contributed by atoms with E-state index in [1.54, 1.807) is 6.20 Å². The highest BCUT2D eigenvalue weighted by atomic mass is 32.1. The number of pyridine rings is 2. The summed E-state index contributed by atoms with van der Waals surface area (Å²) >= 11 is 5.32. The van der Waals surface area contributed by atoms with Crippen LogP contribution in [0.25, 0.3) is 11.2 Å². The van der Waals surface area contributed by atoms with E-state index in [4.69, 9.17) is 12.2 Å². The lowest BCUT2D eigenvalue weighted by molar-refractivity contribution is 0.700. The van der Waals surface area contributed by atoms with Crippen molar-refractivity contribution in [2.45, 2.75) is 13.0 Å². The fraction of sp³-hybridized carbons (Fsp3) is 0.154. The Morgan fingerprint density at radius 2 is 2.00 bits per heavy atom. The topological polar surface area (TPSA) is 46.5 Å². The molecule has 0 amide bonds. The van der Waals surface area contributed by atoms with Gasteiger partial charge in [-0.1, -0.05) is 0 Å². The second-order valence-corrected chi connectivity index (χ2v) is 4.45. The monoisotopic (exact) mass is 256 g/mol. The van der Waals surface area contributed by atoms with E-state index in [-0.39, 0.29) is 0 Å². The number of hydrogen-bond donors (Lipinski definition) is 1. The summed E-state index contributed by atoms with van der Waals surface area (Å²) in [5.74, 6) is 0. The molecule has 0 saturated heterocycles. The minimum absolute atomic E-state index is 0.720. The van der Waals surface area contributed by atoms with Crippen LogP contribution in [0.2, 0.25) is 0 Å². The molecule has 0 aliphatic heterocycles. The molecule has 0 aliphatic carbocycles. The molecule has 0 radical (unpaired) electrons. The summed E-state index contributed by atoms with van der Waals surface area (Å²) in [5.41, 5.74) is 3.14. The summed E-state index contributed by atoms with van der Waals surface area (Å²) in [7, 11) is 0. The van der Waals surface area contributed by atoms with Gasteiger partial charge in [0.2, 0.25) is 0 Å². The van der Waals surface area contributed by atoms with Gasteiger partial charge >= 0.3 is 0 Å². The predicted octanol–water partition coefficient (Wildman–Crippen LogP) is 2.73. The molecule has 3 aromatic rings. The molecular weight excluding hydrogens is 244 g/mol. The van der Waals surface area contributed by atoms with E-state index in [0.29, 0.717) is 0 Å². The maximum absolute atomic E-state index is 5.32. The number of rotatable bonds is 3. The maximum atomic E-state index is 5.32. The number of aryl methyl sites for hydroxylation is 2. The standard InChI is InChI=1S/C13H12N4S/c18-13-16-11-2-1-6-15-12(11)17(13)9-5-10-3-7-14-8-4-10/h1-4,6-8H,5,9H2,(H,16,18).